The lowest BCUT2D eigenvalue weighted by Gasteiger charge is -2.15. The second-order valence-electron chi connectivity index (χ2n) is 4.89. The lowest BCUT2D eigenvalue weighted by molar-refractivity contribution is 0.270. The molecule has 3 nitrogen and oxygen atoms in total. The maximum atomic E-state index is 6.12. The van der Waals surface area contributed by atoms with E-state index < -0.39 is 0 Å². The summed E-state index contributed by atoms with van der Waals surface area (Å²) in [4.78, 5) is 4.98. The second kappa shape index (κ2) is 7.03. The molecule has 0 aliphatic carbocycles. The predicted octanol–water partition coefficient (Wildman–Crippen LogP) is 5.88. The van der Waals surface area contributed by atoms with Crippen LogP contribution in [0.2, 0.25) is 10.0 Å². The highest BCUT2D eigenvalue weighted by Crippen LogP contribution is 2.34. The Labute approximate surface area is 134 Å². The van der Waals surface area contributed by atoms with Gasteiger partial charge < -0.3 is 4.74 Å². The molecule has 0 aromatic heterocycles. The van der Waals surface area contributed by atoms with Gasteiger partial charge in [-0.15, -0.1) is 0 Å². The van der Waals surface area contributed by atoms with Crippen LogP contribution in [0.15, 0.2) is 36.4 Å². The summed E-state index contributed by atoms with van der Waals surface area (Å²) >= 11 is 12.0. The van der Waals surface area contributed by atoms with Crippen LogP contribution in [0.1, 0.15) is 25.3 Å². The fourth-order valence-electron chi connectivity index (χ4n) is 1.97. The van der Waals surface area contributed by atoms with Crippen LogP contribution in [0.3, 0.4) is 0 Å². The van der Waals surface area contributed by atoms with Crippen LogP contribution < -0.4 is 10.2 Å². The fraction of sp³-hybridized carbons (Fsp3) is 0.250. The molecular formula is C16H17Cl2NO2. The molecule has 0 atom stereocenters. The molecule has 2 aromatic rings. The molecule has 2 rings (SSSR count). The first-order valence-corrected chi connectivity index (χ1v) is 7.32. The summed E-state index contributed by atoms with van der Waals surface area (Å²) < 4.78 is 5.83. The van der Waals surface area contributed by atoms with Crippen LogP contribution in [0, 0.1) is 0 Å². The van der Waals surface area contributed by atoms with Crippen molar-refractivity contribution in [3.8, 4) is 11.5 Å². The zero-order chi connectivity index (χ0) is 15.4. The summed E-state index contributed by atoms with van der Waals surface area (Å²) in [6.07, 6.45) is 0. The smallest absolute Gasteiger partial charge is 0.146 e. The first-order chi connectivity index (χ1) is 10.0. The van der Waals surface area contributed by atoms with Crippen molar-refractivity contribution in [3.05, 3.63) is 52.0 Å². The van der Waals surface area contributed by atoms with Crippen LogP contribution in [0.5, 0.6) is 11.5 Å². The topological polar surface area (TPSA) is 30.5 Å². The molecule has 0 unspecified atom stereocenters. The van der Waals surface area contributed by atoms with Crippen molar-refractivity contribution in [2.45, 2.75) is 19.8 Å². The molecule has 0 amide bonds. The quantitative estimate of drug-likeness (QED) is 0.696. The van der Waals surface area contributed by atoms with E-state index in [0.29, 0.717) is 27.5 Å². The van der Waals surface area contributed by atoms with Crippen LogP contribution in [-0.4, -0.2) is 7.11 Å². The Bertz CT molecular complexity index is 630. The van der Waals surface area contributed by atoms with Gasteiger partial charge >= 0.3 is 0 Å². The summed E-state index contributed by atoms with van der Waals surface area (Å²) in [6.45, 7) is 4.21. The minimum absolute atomic E-state index is 0.326. The average molecular weight is 326 g/mol. The second-order valence-corrected chi connectivity index (χ2v) is 5.73. The van der Waals surface area contributed by atoms with Gasteiger partial charge in [0.1, 0.15) is 11.5 Å². The summed E-state index contributed by atoms with van der Waals surface area (Å²) in [5.41, 5.74) is 4.88. The molecule has 21 heavy (non-hydrogen) atoms. The standard InChI is InChI=1S/C16H17Cl2NO2/c1-10(2)13-9-12(5-6-15(13)19-20-3)21-16-7-4-11(17)8-14(16)18/h4-10,19H,1-3H3. The molecule has 0 bridgehead atoms. The molecule has 0 saturated carbocycles. The van der Waals surface area contributed by atoms with Crippen molar-refractivity contribution >= 4 is 28.9 Å². The molecule has 0 fully saturated rings. The summed E-state index contributed by atoms with van der Waals surface area (Å²) in [7, 11) is 1.59. The molecule has 5 heteroatoms. The van der Waals surface area contributed by atoms with Crippen LogP contribution in [0.4, 0.5) is 5.69 Å². The number of hydrogen-bond donors (Lipinski definition) is 1. The predicted molar refractivity (Wildman–Crippen MR) is 87.7 cm³/mol. The van der Waals surface area contributed by atoms with Gasteiger partial charge in [0.2, 0.25) is 0 Å². The summed E-state index contributed by atoms with van der Waals surface area (Å²) in [5, 5.41) is 1.06. The Balaban J connectivity index is 2.30. The van der Waals surface area contributed by atoms with E-state index in [1.54, 1.807) is 25.3 Å². The van der Waals surface area contributed by atoms with Crippen molar-refractivity contribution < 1.29 is 9.57 Å². The van der Waals surface area contributed by atoms with Crippen molar-refractivity contribution in [2.24, 2.45) is 0 Å². The average Bonchev–Trinajstić information content (AvgIpc) is 2.43. The number of halogens is 2. The van der Waals surface area contributed by atoms with E-state index in [1.165, 1.54) is 0 Å². The van der Waals surface area contributed by atoms with Gasteiger partial charge in [0.15, 0.2) is 0 Å². The molecular weight excluding hydrogens is 309 g/mol. The highest BCUT2D eigenvalue weighted by Gasteiger charge is 2.10. The van der Waals surface area contributed by atoms with E-state index >= 15 is 0 Å². The third-order valence-corrected chi connectivity index (χ3v) is 3.51. The molecule has 0 aliphatic rings. The van der Waals surface area contributed by atoms with Crippen molar-refractivity contribution in [1.82, 2.24) is 0 Å². The molecule has 1 N–H and O–H groups in total. The third kappa shape index (κ3) is 4.03. The number of benzene rings is 2. The third-order valence-electron chi connectivity index (χ3n) is 2.98. The number of ether oxygens (including phenoxy) is 1. The fourth-order valence-corrected chi connectivity index (χ4v) is 2.42. The van der Waals surface area contributed by atoms with Crippen LogP contribution in [0.25, 0.3) is 0 Å². The van der Waals surface area contributed by atoms with Gasteiger partial charge in [-0.25, -0.2) is 0 Å². The highest BCUT2D eigenvalue weighted by molar-refractivity contribution is 6.35. The van der Waals surface area contributed by atoms with E-state index in [0.717, 1.165) is 11.3 Å². The molecule has 0 aliphatic heterocycles. The Morgan fingerprint density at radius 3 is 2.43 bits per heavy atom. The number of rotatable bonds is 5. The Hall–Kier alpha value is -1.42. The van der Waals surface area contributed by atoms with Crippen molar-refractivity contribution in [1.29, 1.82) is 0 Å². The van der Waals surface area contributed by atoms with E-state index in [1.807, 2.05) is 18.2 Å². The lowest BCUT2D eigenvalue weighted by Crippen LogP contribution is -2.01. The molecule has 0 radical (unpaired) electrons. The first-order valence-electron chi connectivity index (χ1n) is 6.57. The maximum absolute atomic E-state index is 6.12. The molecule has 2 aromatic carbocycles. The largest absolute Gasteiger partial charge is 0.456 e. The van der Waals surface area contributed by atoms with E-state index in [4.69, 9.17) is 32.8 Å². The number of hydrogen-bond acceptors (Lipinski definition) is 3. The lowest BCUT2D eigenvalue weighted by atomic mass is 10.0. The van der Waals surface area contributed by atoms with Gasteiger partial charge in [0.05, 0.1) is 17.8 Å². The normalized spacial score (nSPS) is 10.8. The van der Waals surface area contributed by atoms with Gasteiger partial charge in [-0.3, -0.25) is 10.3 Å². The van der Waals surface area contributed by atoms with E-state index in [9.17, 15) is 0 Å². The van der Waals surface area contributed by atoms with Gasteiger partial charge in [0.25, 0.3) is 0 Å². The summed E-state index contributed by atoms with van der Waals surface area (Å²) in [6, 6.07) is 10.9. The Morgan fingerprint density at radius 2 is 1.81 bits per heavy atom. The zero-order valence-corrected chi connectivity index (χ0v) is 13.6. The zero-order valence-electron chi connectivity index (χ0n) is 12.1. The Morgan fingerprint density at radius 1 is 1.05 bits per heavy atom. The Kier molecular flexibility index (Phi) is 5.34. The monoisotopic (exact) mass is 325 g/mol. The van der Waals surface area contributed by atoms with Crippen molar-refractivity contribution in [3.63, 3.8) is 0 Å². The van der Waals surface area contributed by atoms with Gasteiger partial charge in [-0.2, -0.15) is 0 Å². The minimum atomic E-state index is 0.326. The maximum Gasteiger partial charge on any atom is 0.146 e. The summed E-state index contributed by atoms with van der Waals surface area (Å²) in [5.74, 6) is 1.61. The number of anilines is 1. The number of nitrogens with one attached hydrogen (secondary N) is 1. The van der Waals surface area contributed by atoms with Gasteiger partial charge in [0, 0.05) is 5.02 Å². The van der Waals surface area contributed by atoms with Crippen LogP contribution >= 0.6 is 23.2 Å². The van der Waals surface area contributed by atoms with E-state index in [-0.39, 0.29) is 0 Å². The molecule has 0 saturated heterocycles. The molecule has 112 valence electrons. The molecule has 0 heterocycles. The minimum Gasteiger partial charge on any atom is -0.456 e. The van der Waals surface area contributed by atoms with Crippen molar-refractivity contribution in [2.75, 3.05) is 12.6 Å². The highest BCUT2D eigenvalue weighted by atomic mass is 35.5. The first kappa shape index (κ1) is 16.0. The van der Waals surface area contributed by atoms with Gasteiger partial charge in [-0.05, 0) is 47.9 Å². The SMILES string of the molecule is CONc1ccc(Oc2ccc(Cl)cc2Cl)cc1C(C)C. The molecule has 0 spiro atoms. The van der Waals surface area contributed by atoms with E-state index in [2.05, 4.69) is 19.3 Å². The van der Waals surface area contributed by atoms with Crippen LogP contribution in [-0.2, 0) is 4.84 Å². The van der Waals surface area contributed by atoms with Gasteiger partial charge in [-0.1, -0.05) is 37.0 Å².